The summed E-state index contributed by atoms with van der Waals surface area (Å²) in [7, 11) is -16.1. The number of aromatic nitrogens is 12. The van der Waals surface area contributed by atoms with Gasteiger partial charge in [0.25, 0.3) is 22.4 Å². The number of H-pyrrole nitrogens is 3. The molecular formula is C81H99Cl6N16O21P3Si2. The molecular weight excluding hydrogens is 1890 g/mol. The van der Waals surface area contributed by atoms with Crippen LogP contribution >= 0.6 is 93.1 Å². The second-order valence-corrected chi connectivity index (χ2v) is 51.5. The molecule has 3 saturated heterocycles. The van der Waals surface area contributed by atoms with Crippen LogP contribution < -0.4 is 38.4 Å². The highest BCUT2D eigenvalue weighted by molar-refractivity contribution is 7.49. The van der Waals surface area contributed by atoms with Gasteiger partial charge in [-0.2, -0.15) is 15.0 Å². The number of aromatic amines is 3. The van der Waals surface area contributed by atoms with Gasteiger partial charge in [0.15, 0.2) is 50.1 Å². The molecule has 0 bridgehead atoms. The van der Waals surface area contributed by atoms with E-state index >= 15 is 0 Å². The largest absolute Gasteiger partial charge is 0.530 e. The maximum Gasteiger partial charge on any atom is 0.530 e. The predicted molar refractivity (Wildman–Crippen MR) is 495 cm³/mol. The van der Waals surface area contributed by atoms with Crippen LogP contribution in [0.1, 0.15) is 133 Å². The number of phosphoric ester groups is 3. The zero-order valence-corrected chi connectivity index (χ0v) is 81.0. The summed E-state index contributed by atoms with van der Waals surface area (Å²) < 4.78 is 108. The monoisotopic (exact) mass is 1990 g/mol. The Bertz CT molecular complexity index is 6270. The number of nitrogens with two attached hydrogens (primary N) is 3. The van der Waals surface area contributed by atoms with E-state index in [1.807, 2.05) is 4.57 Å². The van der Waals surface area contributed by atoms with Crippen molar-refractivity contribution in [2.45, 2.75) is 171 Å². The predicted octanol–water partition coefficient (Wildman–Crippen LogP) is 18.4. The molecule has 6 aromatic heterocycles. The minimum atomic E-state index is -3.96. The third kappa shape index (κ3) is 22.1. The van der Waals surface area contributed by atoms with E-state index in [2.05, 4.69) is 132 Å². The summed E-state index contributed by atoms with van der Waals surface area (Å²) in [5, 5.41) is 34.0. The van der Waals surface area contributed by atoms with Crippen LogP contribution in [0, 0.1) is 27.9 Å². The highest BCUT2D eigenvalue weighted by Crippen LogP contribution is 2.62. The van der Waals surface area contributed by atoms with Gasteiger partial charge >= 0.3 is 23.5 Å². The van der Waals surface area contributed by atoms with Crippen LogP contribution in [0.5, 0.6) is 5.75 Å². The lowest BCUT2D eigenvalue weighted by Gasteiger charge is -2.40. The fraction of sp³-hybridized carbons (Fsp3) is 0.444. The number of halogens is 6. The van der Waals surface area contributed by atoms with E-state index in [9.17, 15) is 48.4 Å². The van der Waals surface area contributed by atoms with Crippen LogP contribution in [0.3, 0.4) is 0 Å². The number of imidazole rings is 3. The number of nitro benzene ring substituents is 1. The molecule has 15 atom stereocenters. The first-order chi connectivity index (χ1) is 60.6. The van der Waals surface area contributed by atoms with Crippen molar-refractivity contribution in [3.63, 3.8) is 0 Å². The summed E-state index contributed by atoms with van der Waals surface area (Å²) in [5.41, 5.74) is 21.6. The van der Waals surface area contributed by atoms with Crippen LogP contribution in [0.2, 0.25) is 66.4 Å². The van der Waals surface area contributed by atoms with Gasteiger partial charge < -0.3 is 54.5 Å². The fourth-order valence-corrected chi connectivity index (χ4v) is 23.8. The molecule has 0 radical (unpaired) electrons. The first-order valence-corrected chi connectivity index (χ1v) is 53.3. The minimum absolute atomic E-state index is 0.00754. The molecule has 9 heterocycles. The number of fused-ring (bicyclic) bond motifs is 3. The molecule has 6 aliphatic rings. The van der Waals surface area contributed by atoms with Crippen molar-refractivity contribution in [2.75, 3.05) is 56.8 Å². The lowest BCUT2D eigenvalue weighted by molar-refractivity contribution is -0.384. The van der Waals surface area contributed by atoms with Gasteiger partial charge in [0, 0.05) is 96.0 Å². The highest BCUT2D eigenvalue weighted by atomic mass is 35.5. The Hall–Kier alpha value is -7.87. The normalized spacial score (nSPS) is 26.3. The summed E-state index contributed by atoms with van der Waals surface area (Å²) in [6.07, 6.45) is 4.28. The number of anilines is 3. The molecule has 11 N–H and O–H groups in total. The van der Waals surface area contributed by atoms with E-state index in [0.717, 1.165) is 11.1 Å². The molecule has 3 aliphatic heterocycles. The third-order valence-corrected chi connectivity index (χ3v) is 39.3. The van der Waals surface area contributed by atoms with E-state index in [4.69, 9.17) is 136 Å². The summed E-state index contributed by atoms with van der Waals surface area (Å²) in [5.74, 6) is -0.976. The van der Waals surface area contributed by atoms with Crippen LogP contribution in [0.25, 0.3) is 33.5 Å². The van der Waals surface area contributed by atoms with E-state index in [1.54, 1.807) is 76.4 Å². The fourth-order valence-electron chi connectivity index (χ4n) is 15.3. The summed E-state index contributed by atoms with van der Waals surface area (Å²) in [6.45, 7) is 34.8. The summed E-state index contributed by atoms with van der Waals surface area (Å²) in [6, 6.07) is 19.2. The Labute approximate surface area is 772 Å². The Morgan fingerprint density at radius 3 is 1.22 bits per heavy atom. The Balaban J connectivity index is 0.000000150. The number of benzene rings is 4. The zero-order chi connectivity index (χ0) is 93.7. The van der Waals surface area contributed by atoms with Gasteiger partial charge in [-0.1, -0.05) is 149 Å². The van der Waals surface area contributed by atoms with Crippen LogP contribution in [0.4, 0.5) is 23.5 Å². The first kappa shape index (κ1) is 98.6. The van der Waals surface area contributed by atoms with E-state index in [0.29, 0.717) is 95.8 Å². The smallest absolute Gasteiger partial charge is 0.413 e. The molecule has 37 nitrogen and oxygen atoms in total. The minimum Gasteiger partial charge on any atom is -0.413 e. The number of nitrogens with one attached hydrogen (secondary N) is 3. The molecule has 0 amide bonds. The number of non-ortho nitro benzene ring substituents is 1. The molecule has 129 heavy (non-hydrogen) atoms. The standard InChI is InChI=1S/C27H36Cl2N5O6PSi.C21H22Cl2N5O6P.C18H29N5O3Si.C15H12Cl2NO6P/c1-15-18(13-38-41(36)37-10-9-21(39-41)17-8-7-16(28)11-19(17)29)22(40-42(5,6)27(2,3)4)12-20(15)34-14-31-23-24(34)32-26(30)33-25(23)35;1-10-13(16(29)7-15(10)28-9-25-18-19(28)26-21(24)27-20(18)30)8-33-35(31)32-5-4-17(34-35)12-3-2-11(22)6-14(12)23;1-10-11(8-24)13(26-27(5,6)18(2,3)4)7-12(10)23-9-20-14-15(23)21-17(19)22-16(14)25;16-10-1-6-13(14(17)9-10)15-7-8-22-25(21,24-15)23-12-4-2-11(3-5-12)18(19)20/h7-8,11,14,18,20-22H,1,9-10,12-13H2,2-6H3,(H3,30,32,33,35);2-3,6,9,13,15-17,29H,1,4-5,7-8H2,(H3,24,26,27,30);9,11-13,24H,1,7-8H2,2-6H3,(H3,19,21,22,25);1-6,9,15H,7-8H2/t18-,20-,21+,22-,41-;13-,15-,16-,17+,35-;11-,12-,13-;15-,25?/m0001/s1. The molecule has 4 aromatic carbocycles. The van der Waals surface area contributed by atoms with Gasteiger partial charge in [-0.05, 0) is 121 Å². The summed E-state index contributed by atoms with van der Waals surface area (Å²) >= 11 is 36.7. The van der Waals surface area contributed by atoms with Gasteiger partial charge in [-0.15, -0.1) is 0 Å². The number of nitrogens with zero attached hydrogens (tertiary/aromatic N) is 10. The molecule has 1 unspecified atom stereocenters. The highest BCUT2D eigenvalue weighted by Gasteiger charge is 2.51. The number of hydrogen-bond donors (Lipinski definition) is 8. The maximum absolute atomic E-state index is 13.7. The number of nitro groups is 1. The number of nitrogen functional groups attached to an aromatic ring is 3. The zero-order valence-electron chi connectivity index (χ0n) is 71.7. The molecule has 0 spiro atoms. The quantitative estimate of drug-likeness (QED) is 0.0115. The number of aliphatic hydroxyl groups excluding tert-OH is 2. The van der Waals surface area contributed by atoms with Gasteiger partial charge in [-0.25, -0.2) is 28.6 Å². The maximum atomic E-state index is 13.7. The van der Waals surface area contributed by atoms with Crippen molar-refractivity contribution >= 4 is 167 Å². The number of aliphatic hydroxyl groups is 2. The van der Waals surface area contributed by atoms with Crippen molar-refractivity contribution in [2.24, 2.45) is 17.8 Å². The third-order valence-electron chi connectivity index (χ3n) is 24.2. The Morgan fingerprint density at radius 2 is 0.860 bits per heavy atom. The van der Waals surface area contributed by atoms with E-state index in [1.165, 1.54) is 30.6 Å². The second kappa shape index (κ2) is 39.4. The van der Waals surface area contributed by atoms with Gasteiger partial charge in [0.1, 0.15) is 5.75 Å². The molecule has 10 aromatic rings. The van der Waals surface area contributed by atoms with Crippen molar-refractivity contribution < 1.29 is 78.4 Å². The number of phosphoric acid groups is 3. The van der Waals surface area contributed by atoms with Gasteiger partial charge in [-0.3, -0.25) is 75.6 Å². The number of hydrogen-bond acceptors (Lipinski definition) is 30. The molecule has 3 aliphatic carbocycles. The van der Waals surface area contributed by atoms with E-state index < -0.39 is 92.5 Å². The lowest BCUT2D eigenvalue weighted by Crippen LogP contribution is -2.45. The Kier molecular flexibility index (Phi) is 30.1. The lowest BCUT2D eigenvalue weighted by atomic mass is 10.0. The molecule has 48 heteroatoms. The van der Waals surface area contributed by atoms with Crippen molar-refractivity contribution in [3.05, 3.63) is 222 Å². The van der Waals surface area contributed by atoms with Gasteiger partial charge in [0.05, 0.1) is 118 Å². The van der Waals surface area contributed by atoms with Crippen molar-refractivity contribution in [1.29, 1.82) is 0 Å². The topological polar surface area (TPSA) is 505 Å². The molecule has 6 fully saturated rings. The van der Waals surface area contributed by atoms with Gasteiger partial charge in [0.2, 0.25) is 17.8 Å². The van der Waals surface area contributed by atoms with Crippen molar-refractivity contribution in [1.82, 2.24) is 58.6 Å². The first-order valence-electron chi connectivity index (χ1n) is 40.8. The van der Waals surface area contributed by atoms with Crippen molar-refractivity contribution in [3.8, 4) is 5.75 Å². The molecule has 16 rings (SSSR count). The molecule has 3 saturated carbocycles. The Morgan fingerprint density at radius 1 is 0.527 bits per heavy atom. The average Bonchev–Trinajstić information content (AvgIpc) is 1.62. The second-order valence-electron chi connectivity index (χ2n) is 34.6. The molecule has 694 valence electrons. The van der Waals surface area contributed by atoms with E-state index in [-0.39, 0.29) is 149 Å². The summed E-state index contributed by atoms with van der Waals surface area (Å²) in [4.78, 5) is 79.4. The van der Waals surface area contributed by atoms with Crippen LogP contribution in [-0.2, 0) is 58.7 Å². The number of rotatable bonds is 20. The average molecular weight is 1990 g/mol. The van der Waals surface area contributed by atoms with Crippen LogP contribution in [0.15, 0.2) is 149 Å². The SMILES string of the molecule is C=C1[C@H](CO)[C@@H](O[Si](C)(C)C(C)(C)C)C[C@@H]1n1cnc2c(=O)[nH]c(N)nc21.C=C1[C@H](CO[P@]2(=O)OCC[C@H](c3ccc(Cl)cc3Cl)O2)[C@@H](O)C[C@@H]1n1cnc2c(=O)[nH]c(N)nc21.C=C1[C@H](CO[P@]2(=O)OCC[C@H](c3ccc(Cl)cc3Cl)O2)[C@@H](O[Si](C)(C)C(C)(C)C)C[C@@H]1n1cnc2c(=O)[nH]c(N)nc21.O=[N+]([O-])c1ccc(OP2(=O)OCC[C@H](c3ccc(Cl)cc3Cl)O2)cc1. The van der Waals surface area contributed by atoms with Crippen LogP contribution in [-0.4, -0.2) is 148 Å².